The summed E-state index contributed by atoms with van der Waals surface area (Å²) in [6.45, 7) is 12.6. The van der Waals surface area contributed by atoms with Crippen LogP contribution in [0, 0.1) is 12.3 Å². The molecule has 1 aliphatic rings. The van der Waals surface area contributed by atoms with Gasteiger partial charge in [0.15, 0.2) is 0 Å². The summed E-state index contributed by atoms with van der Waals surface area (Å²) in [7, 11) is 0. The summed E-state index contributed by atoms with van der Waals surface area (Å²) in [5.41, 5.74) is 2.65. The fourth-order valence-electron chi connectivity index (χ4n) is 2.44. The van der Waals surface area contributed by atoms with E-state index in [1.54, 1.807) is 0 Å². The van der Waals surface area contributed by atoms with Crippen molar-refractivity contribution in [3.05, 3.63) is 29.8 Å². The topological polar surface area (TPSA) is 35.6 Å². The number of nitrogens with zero attached hydrogens (tertiary/aromatic N) is 2. The Hall–Kier alpha value is -1.71. The van der Waals surface area contributed by atoms with Crippen molar-refractivity contribution >= 4 is 11.7 Å². The first-order chi connectivity index (χ1) is 9.85. The number of anilines is 1. The number of nitrogens with one attached hydrogen (secondary N) is 1. The molecule has 116 valence electrons. The van der Waals surface area contributed by atoms with Crippen LogP contribution in [-0.4, -0.2) is 43.7 Å². The van der Waals surface area contributed by atoms with Crippen molar-refractivity contribution in [2.45, 2.75) is 27.7 Å². The van der Waals surface area contributed by atoms with Crippen molar-refractivity contribution in [2.75, 3.05) is 37.6 Å². The summed E-state index contributed by atoms with van der Waals surface area (Å²) in [5.74, 6) is 0. The van der Waals surface area contributed by atoms with E-state index in [0.717, 1.165) is 26.2 Å². The first-order valence-corrected chi connectivity index (χ1v) is 7.69. The van der Waals surface area contributed by atoms with Crippen molar-refractivity contribution in [3.63, 3.8) is 0 Å². The molecule has 0 aliphatic carbocycles. The van der Waals surface area contributed by atoms with Gasteiger partial charge in [0.05, 0.1) is 0 Å². The molecule has 1 fully saturated rings. The molecule has 1 N–H and O–H groups in total. The van der Waals surface area contributed by atoms with Gasteiger partial charge in [-0.15, -0.1) is 0 Å². The third-order valence-corrected chi connectivity index (χ3v) is 3.70. The fourth-order valence-corrected chi connectivity index (χ4v) is 2.44. The second-order valence-electron chi connectivity index (χ2n) is 7.03. The number of carbonyl (C=O) groups excluding carboxylic acids is 1. The molecule has 21 heavy (non-hydrogen) atoms. The van der Waals surface area contributed by atoms with Crippen LogP contribution >= 0.6 is 0 Å². The minimum atomic E-state index is 0.0637. The molecule has 0 unspecified atom stereocenters. The van der Waals surface area contributed by atoms with Crippen molar-refractivity contribution in [3.8, 4) is 0 Å². The van der Waals surface area contributed by atoms with Crippen molar-refractivity contribution in [2.24, 2.45) is 5.41 Å². The highest BCUT2D eigenvalue weighted by molar-refractivity contribution is 5.74. The van der Waals surface area contributed by atoms with E-state index in [-0.39, 0.29) is 11.4 Å². The standard InChI is InChI=1S/C17H27N3O/c1-14-6-5-7-15(12-14)19-8-10-20(11-9-19)16(21)18-13-17(2,3)4/h5-7,12H,8-11,13H2,1-4H3,(H,18,21). The van der Waals surface area contributed by atoms with Crippen LogP contribution < -0.4 is 10.2 Å². The van der Waals surface area contributed by atoms with Crippen molar-refractivity contribution < 1.29 is 4.79 Å². The second-order valence-corrected chi connectivity index (χ2v) is 7.03. The van der Waals surface area contributed by atoms with E-state index < -0.39 is 0 Å². The first kappa shape index (κ1) is 15.7. The van der Waals surface area contributed by atoms with E-state index in [1.807, 2.05) is 4.90 Å². The molecule has 0 radical (unpaired) electrons. The monoisotopic (exact) mass is 289 g/mol. The van der Waals surface area contributed by atoms with Crippen LogP contribution in [-0.2, 0) is 0 Å². The number of aryl methyl sites for hydroxylation is 1. The Balaban J connectivity index is 1.84. The van der Waals surface area contributed by atoms with Gasteiger partial charge in [-0.2, -0.15) is 0 Å². The van der Waals surface area contributed by atoms with Crippen LogP contribution in [0.4, 0.5) is 10.5 Å². The lowest BCUT2D eigenvalue weighted by atomic mass is 9.97. The summed E-state index contributed by atoms with van der Waals surface area (Å²) >= 11 is 0. The third kappa shape index (κ3) is 4.66. The van der Waals surface area contributed by atoms with E-state index in [0.29, 0.717) is 6.54 Å². The van der Waals surface area contributed by atoms with Gasteiger partial charge in [0.2, 0.25) is 0 Å². The molecule has 2 amide bonds. The summed E-state index contributed by atoms with van der Waals surface area (Å²) in [6.07, 6.45) is 0. The Kier molecular flexibility index (Phi) is 4.76. The number of amides is 2. The average molecular weight is 289 g/mol. The molecule has 1 heterocycles. The van der Waals surface area contributed by atoms with E-state index in [9.17, 15) is 4.79 Å². The van der Waals surface area contributed by atoms with Gasteiger partial charge in [-0.3, -0.25) is 0 Å². The predicted octanol–water partition coefficient (Wildman–Crippen LogP) is 2.87. The lowest BCUT2D eigenvalue weighted by Gasteiger charge is -2.36. The summed E-state index contributed by atoms with van der Waals surface area (Å²) in [6, 6.07) is 8.61. The van der Waals surface area contributed by atoms with Gasteiger partial charge in [-0.1, -0.05) is 32.9 Å². The van der Waals surface area contributed by atoms with Crippen LogP contribution in [0.1, 0.15) is 26.3 Å². The van der Waals surface area contributed by atoms with Gasteiger partial charge < -0.3 is 15.1 Å². The Labute approximate surface area is 128 Å². The number of urea groups is 1. The van der Waals surface area contributed by atoms with E-state index in [4.69, 9.17) is 0 Å². The average Bonchev–Trinajstić information content (AvgIpc) is 2.44. The maximum Gasteiger partial charge on any atom is 0.317 e. The Morgan fingerprint density at radius 3 is 2.43 bits per heavy atom. The lowest BCUT2D eigenvalue weighted by molar-refractivity contribution is 0.189. The molecule has 4 nitrogen and oxygen atoms in total. The minimum Gasteiger partial charge on any atom is -0.368 e. The zero-order valence-corrected chi connectivity index (χ0v) is 13.6. The third-order valence-electron chi connectivity index (χ3n) is 3.70. The highest BCUT2D eigenvalue weighted by Crippen LogP contribution is 2.18. The van der Waals surface area contributed by atoms with Crippen LogP contribution in [0.2, 0.25) is 0 Å². The summed E-state index contributed by atoms with van der Waals surface area (Å²) < 4.78 is 0. The Morgan fingerprint density at radius 1 is 1.19 bits per heavy atom. The van der Waals surface area contributed by atoms with Crippen LogP contribution in [0.15, 0.2) is 24.3 Å². The van der Waals surface area contributed by atoms with E-state index in [1.165, 1.54) is 11.3 Å². The minimum absolute atomic E-state index is 0.0637. The van der Waals surface area contributed by atoms with Crippen molar-refractivity contribution in [1.29, 1.82) is 0 Å². The normalized spacial score (nSPS) is 16.0. The molecular weight excluding hydrogens is 262 g/mol. The molecule has 0 atom stereocenters. The highest BCUT2D eigenvalue weighted by atomic mass is 16.2. The molecule has 4 heteroatoms. The molecule has 0 saturated carbocycles. The molecular formula is C17H27N3O. The number of rotatable bonds is 2. The predicted molar refractivity (Wildman–Crippen MR) is 87.8 cm³/mol. The fraction of sp³-hybridized carbons (Fsp3) is 0.588. The maximum atomic E-state index is 12.1. The molecule has 1 aliphatic heterocycles. The number of carbonyl (C=O) groups is 1. The Bertz CT molecular complexity index is 485. The van der Waals surface area contributed by atoms with E-state index >= 15 is 0 Å². The number of benzene rings is 1. The second kappa shape index (κ2) is 6.37. The molecule has 0 spiro atoms. The van der Waals surface area contributed by atoms with Gasteiger partial charge in [-0.05, 0) is 30.0 Å². The maximum absolute atomic E-state index is 12.1. The van der Waals surface area contributed by atoms with Crippen LogP contribution in [0.5, 0.6) is 0 Å². The van der Waals surface area contributed by atoms with E-state index in [2.05, 4.69) is 62.2 Å². The highest BCUT2D eigenvalue weighted by Gasteiger charge is 2.22. The zero-order chi connectivity index (χ0) is 15.5. The molecule has 0 bridgehead atoms. The molecule has 0 aromatic heterocycles. The number of hydrogen-bond acceptors (Lipinski definition) is 2. The molecule has 1 aromatic rings. The zero-order valence-electron chi connectivity index (χ0n) is 13.6. The SMILES string of the molecule is Cc1cccc(N2CCN(C(=O)NCC(C)(C)C)CC2)c1. The van der Waals surface area contributed by atoms with Gasteiger partial charge in [-0.25, -0.2) is 4.79 Å². The largest absolute Gasteiger partial charge is 0.368 e. The smallest absolute Gasteiger partial charge is 0.317 e. The van der Waals surface area contributed by atoms with Crippen molar-refractivity contribution in [1.82, 2.24) is 10.2 Å². The lowest BCUT2D eigenvalue weighted by Crippen LogP contribution is -2.52. The van der Waals surface area contributed by atoms with Gasteiger partial charge in [0, 0.05) is 38.4 Å². The molecule has 2 rings (SSSR count). The summed E-state index contributed by atoms with van der Waals surface area (Å²) in [4.78, 5) is 16.4. The van der Waals surface area contributed by atoms with Crippen LogP contribution in [0.3, 0.4) is 0 Å². The van der Waals surface area contributed by atoms with Gasteiger partial charge in [0.1, 0.15) is 0 Å². The van der Waals surface area contributed by atoms with Gasteiger partial charge >= 0.3 is 6.03 Å². The summed E-state index contributed by atoms with van der Waals surface area (Å²) in [5, 5.41) is 3.02. The quantitative estimate of drug-likeness (QED) is 0.908. The molecule has 1 saturated heterocycles. The first-order valence-electron chi connectivity index (χ1n) is 7.69. The van der Waals surface area contributed by atoms with Crippen LogP contribution in [0.25, 0.3) is 0 Å². The number of hydrogen-bond donors (Lipinski definition) is 1. The van der Waals surface area contributed by atoms with Gasteiger partial charge in [0.25, 0.3) is 0 Å². The number of piperazine rings is 1. The Morgan fingerprint density at radius 2 is 1.86 bits per heavy atom. The molecule has 1 aromatic carbocycles.